The van der Waals surface area contributed by atoms with Crippen molar-refractivity contribution in [3.63, 3.8) is 0 Å². The minimum Gasteiger partial charge on any atom is -0.320 e. The van der Waals surface area contributed by atoms with Crippen molar-refractivity contribution >= 4 is 33.2 Å². The van der Waals surface area contributed by atoms with E-state index in [-0.39, 0.29) is 0 Å². The standard InChI is InChI=1S/C31H34N4O2S/c1-23-6-9-27(10-7-23)38(36,37)34-18-13-26(14-19-34)33-17-15-31-29(22-33)28-21-24(2)8-11-30(28)35(31)20-12-25-5-3-4-16-32-25/h3-12,16,20-21,26H,13-15,17-19,22H2,1-2H3/b20-12+. The molecule has 0 spiro atoms. The maximum Gasteiger partial charge on any atom is 0.243 e. The molecule has 38 heavy (non-hydrogen) atoms. The maximum absolute atomic E-state index is 13.2. The van der Waals surface area contributed by atoms with Gasteiger partial charge in [-0.3, -0.25) is 9.88 Å². The van der Waals surface area contributed by atoms with Crippen LogP contribution in [0.1, 0.15) is 40.9 Å². The largest absolute Gasteiger partial charge is 0.320 e. The van der Waals surface area contributed by atoms with Crippen LogP contribution in [0.3, 0.4) is 0 Å². The number of fused-ring (bicyclic) bond motifs is 3. The number of pyridine rings is 1. The van der Waals surface area contributed by atoms with Gasteiger partial charge in [-0.25, -0.2) is 8.42 Å². The molecule has 2 aromatic carbocycles. The number of benzene rings is 2. The first-order valence-electron chi connectivity index (χ1n) is 13.4. The number of nitrogens with zero attached hydrogens (tertiary/aromatic N) is 4. The Morgan fingerprint density at radius 1 is 0.921 bits per heavy atom. The third kappa shape index (κ3) is 4.70. The number of hydrogen-bond acceptors (Lipinski definition) is 4. The average Bonchev–Trinajstić information content (AvgIpc) is 3.24. The molecular weight excluding hydrogens is 492 g/mol. The van der Waals surface area contributed by atoms with Crippen LogP contribution in [0.25, 0.3) is 23.2 Å². The van der Waals surface area contributed by atoms with Crippen LogP contribution in [0.4, 0.5) is 0 Å². The van der Waals surface area contributed by atoms with E-state index < -0.39 is 10.0 Å². The van der Waals surface area contributed by atoms with E-state index in [1.165, 1.54) is 27.7 Å². The lowest BCUT2D eigenvalue weighted by Gasteiger charge is -2.40. The zero-order valence-corrected chi connectivity index (χ0v) is 22.9. The van der Waals surface area contributed by atoms with Crippen LogP contribution < -0.4 is 0 Å². The van der Waals surface area contributed by atoms with Crippen molar-refractivity contribution in [2.24, 2.45) is 0 Å². The third-order valence-corrected chi connectivity index (χ3v) is 9.97. The molecule has 0 radical (unpaired) electrons. The summed E-state index contributed by atoms with van der Waals surface area (Å²) >= 11 is 0. The molecule has 6 nitrogen and oxygen atoms in total. The van der Waals surface area contributed by atoms with E-state index in [4.69, 9.17) is 0 Å². The van der Waals surface area contributed by atoms with Gasteiger partial charge in [-0.05, 0) is 74.7 Å². The highest BCUT2D eigenvalue weighted by atomic mass is 32.2. The molecule has 0 saturated carbocycles. The Hall–Kier alpha value is -3.26. The van der Waals surface area contributed by atoms with Crippen molar-refractivity contribution in [1.29, 1.82) is 0 Å². The second kappa shape index (κ2) is 10.1. The summed E-state index contributed by atoms with van der Waals surface area (Å²) in [6.07, 6.45) is 8.74. The molecule has 4 aromatic rings. The zero-order chi connectivity index (χ0) is 26.3. The summed E-state index contributed by atoms with van der Waals surface area (Å²) < 4.78 is 30.4. The fourth-order valence-corrected chi connectivity index (χ4v) is 7.41. The molecule has 7 heteroatoms. The highest BCUT2D eigenvalue weighted by molar-refractivity contribution is 7.89. The van der Waals surface area contributed by atoms with Crippen LogP contribution in [0.5, 0.6) is 0 Å². The summed E-state index contributed by atoms with van der Waals surface area (Å²) in [5.74, 6) is 0. The van der Waals surface area contributed by atoms with E-state index in [0.29, 0.717) is 24.0 Å². The highest BCUT2D eigenvalue weighted by Gasteiger charge is 2.34. The Morgan fingerprint density at radius 3 is 2.42 bits per heavy atom. The lowest BCUT2D eigenvalue weighted by Crippen LogP contribution is -2.48. The summed E-state index contributed by atoms with van der Waals surface area (Å²) in [6.45, 7) is 7.14. The number of hydrogen-bond donors (Lipinski definition) is 0. The minimum atomic E-state index is -3.44. The van der Waals surface area contributed by atoms with E-state index in [1.54, 1.807) is 16.4 Å². The Bertz CT molecular complexity index is 1580. The topological polar surface area (TPSA) is 58.4 Å². The number of rotatable bonds is 5. The molecule has 0 amide bonds. The zero-order valence-electron chi connectivity index (χ0n) is 22.0. The van der Waals surface area contributed by atoms with Gasteiger partial charge in [0.2, 0.25) is 10.0 Å². The number of piperidine rings is 1. The molecule has 2 aromatic heterocycles. The molecule has 0 N–H and O–H groups in total. The van der Waals surface area contributed by atoms with E-state index in [0.717, 1.165) is 43.6 Å². The first-order valence-corrected chi connectivity index (χ1v) is 14.9. The van der Waals surface area contributed by atoms with Gasteiger partial charge >= 0.3 is 0 Å². The van der Waals surface area contributed by atoms with Gasteiger partial charge in [-0.1, -0.05) is 35.4 Å². The second-order valence-electron chi connectivity index (χ2n) is 10.6. The van der Waals surface area contributed by atoms with Crippen molar-refractivity contribution in [2.75, 3.05) is 19.6 Å². The molecule has 0 bridgehead atoms. The Balaban J connectivity index is 1.22. The van der Waals surface area contributed by atoms with Gasteiger partial charge in [0.25, 0.3) is 0 Å². The lowest BCUT2D eigenvalue weighted by atomic mass is 9.98. The first kappa shape index (κ1) is 25.0. The predicted octanol–water partition coefficient (Wildman–Crippen LogP) is 5.49. The molecule has 2 aliphatic heterocycles. The number of aryl methyl sites for hydroxylation is 2. The van der Waals surface area contributed by atoms with Crippen LogP contribution in [0.15, 0.2) is 71.8 Å². The first-order chi connectivity index (χ1) is 18.4. The Labute approximate surface area is 225 Å². The molecule has 196 valence electrons. The van der Waals surface area contributed by atoms with E-state index in [1.807, 2.05) is 43.5 Å². The van der Waals surface area contributed by atoms with Crippen LogP contribution in [-0.2, 0) is 23.0 Å². The summed E-state index contributed by atoms with van der Waals surface area (Å²) in [5.41, 5.74) is 7.27. The number of aromatic nitrogens is 2. The van der Waals surface area contributed by atoms with Gasteiger partial charge in [0, 0.05) is 62.1 Å². The van der Waals surface area contributed by atoms with Crippen molar-refractivity contribution in [1.82, 2.24) is 18.8 Å². The summed E-state index contributed by atoms with van der Waals surface area (Å²) in [4.78, 5) is 7.42. The molecule has 6 rings (SSSR count). The van der Waals surface area contributed by atoms with Crippen molar-refractivity contribution in [3.05, 3.63) is 94.9 Å². The molecule has 1 fully saturated rings. The SMILES string of the molecule is Cc1ccc(S(=O)(=O)N2CCC(N3CCc4c(c5cc(C)ccc5n4/C=C/c4ccccn4)C3)CC2)cc1. The predicted molar refractivity (Wildman–Crippen MR) is 153 cm³/mol. The summed E-state index contributed by atoms with van der Waals surface area (Å²) in [6, 6.07) is 20.3. The van der Waals surface area contributed by atoms with Gasteiger partial charge in [-0.2, -0.15) is 4.31 Å². The van der Waals surface area contributed by atoms with Crippen LogP contribution in [0.2, 0.25) is 0 Å². The lowest BCUT2D eigenvalue weighted by molar-refractivity contribution is 0.126. The molecule has 1 saturated heterocycles. The molecule has 0 atom stereocenters. The van der Waals surface area contributed by atoms with Crippen LogP contribution >= 0.6 is 0 Å². The van der Waals surface area contributed by atoms with Gasteiger partial charge in [-0.15, -0.1) is 0 Å². The fraction of sp³-hybridized carbons (Fsp3) is 0.323. The van der Waals surface area contributed by atoms with E-state index in [2.05, 4.69) is 51.8 Å². The summed E-state index contributed by atoms with van der Waals surface area (Å²) in [7, 11) is -3.44. The van der Waals surface area contributed by atoms with Gasteiger partial charge in [0.15, 0.2) is 0 Å². The monoisotopic (exact) mass is 526 g/mol. The van der Waals surface area contributed by atoms with Crippen molar-refractivity contribution in [2.45, 2.75) is 50.6 Å². The highest BCUT2D eigenvalue weighted by Crippen LogP contribution is 2.34. The van der Waals surface area contributed by atoms with Gasteiger partial charge < -0.3 is 4.57 Å². The maximum atomic E-state index is 13.2. The second-order valence-corrected chi connectivity index (χ2v) is 12.5. The number of sulfonamides is 1. The summed E-state index contributed by atoms with van der Waals surface area (Å²) in [5, 5.41) is 1.31. The van der Waals surface area contributed by atoms with Gasteiger partial charge in [0.05, 0.1) is 16.1 Å². The molecule has 4 heterocycles. The molecule has 2 aliphatic rings. The van der Waals surface area contributed by atoms with E-state index in [9.17, 15) is 8.42 Å². The van der Waals surface area contributed by atoms with Crippen LogP contribution in [0, 0.1) is 13.8 Å². The molecule has 0 aliphatic carbocycles. The Kier molecular flexibility index (Phi) is 6.68. The fourth-order valence-electron chi connectivity index (χ4n) is 5.94. The third-order valence-electron chi connectivity index (χ3n) is 8.05. The molecular formula is C31H34N4O2S. The Morgan fingerprint density at radius 2 is 1.68 bits per heavy atom. The smallest absolute Gasteiger partial charge is 0.243 e. The van der Waals surface area contributed by atoms with Crippen molar-refractivity contribution in [3.8, 4) is 0 Å². The van der Waals surface area contributed by atoms with Crippen molar-refractivity contribution < 1.29 is 8.42 Å². The minimum absolute atomic E-state index is 0.389. The van der Waals surface area contributed by atoms with Crippen LogP contribution in [-0.4, -0.2) is 52.9 Å². The normalized spacial score (nSPS) is 17.8. The van der Waals surface area contributed by atoms with E-state index >= 15 is 0 Å². The molecule has 0 unspecified atom stereocenters. The average molecular weight is 527 g/mol. The van der Waals surface area contributed by atoms with Gasteiger partial charge in [0.1, 0.15) is 0 Å². The quantitative estimate of drug-likeness (QED) is 0.345.